The first-order valence-electron chi connectivity index (χ1n) is 8.46. The van der Waals surface area contributed by atoms with Crippen molar-refractivity contribution in [1.29, 1.82) is 0 Å². The largest absolute Gasteiger partial charge is 0.481 e. The van der Waals surface area contributed by atoms with Gasteiger partial charge in [0.1, 0.15) is 0 Å². The van der Waals surface area contributed by atoms with Crippen LogP contribution in [0.2, 0.25) is 0 Å². The van der Waals surface area contributed by atoms with Crippen molar-refractivity contribution in [2.24, 2.45) is 22.7 Å². The van der Waals surface area contributed by atoms with E-state index in [4.69, 9.17) is 0 Å². The highest BCUT2D eigenvalue weighted by atomic mass is 16.4. The highest BCUT2D eigenvalue weighted by Gasteiger charge is 2.57. The Morgan fingerprint density at radius 3 is 2.68 bits per heavy atom. The Labute approximate surface area is 135 Å². The van der Waals surface area contributed by atoms with Gasteiger partial charge in [0.15, 0.2) is 0 Å². The van der Waals surface area contributed by atoms with Crippen molar-refractivity contribution < 1.29 is 9.90 Å². The normalized spacial score (nSPS) is 39.2. The lowest BCUT2D eigenvalue weighted by atomic mass is 9.46. The number of hydrogen-bond donors (Lipinski definition) is 1. The van der Waals surface area contributed by atoms with E-state index < -0.39 is 11.4 Å². The summed E-state index contributed by atoms with van der Waals surface area (Å²) in [7, 11) is 0. The number of fused-ring (bicyclic) bond motifs is 1. The van der Waals surface area contributed by atoms with Crippen LogP contribution >= 0.6 is 0 Å². The molecule has 0 saturated heterocycles. The SMILES string of the molecule is C=C/C(C)=C\C[C@H]1C(=C)CC[C@@H]2[C@]1(C)CCC[C@]2(C)C(=O)O. The van der Waals surface area contributed by atoms with Crippen molar-refractivity contribution >= 4 is 5.97 Å². The number of aliphatic carboxylic acids is 1. The molecule has 2 aliphatic rings. The maximum absolute atomic E-state index is 11.9. The molecule has 122 valence electrons. The maximum Gasteiger partial charge on any atom is 0.309 e. The zero-order valence-corrected chi connectivity index (χ0v) is 14.3. The van der Waals surface area contributed by atoms with Crippen LogP contribution in [0, 0.1) is 22.7 Å². The van der Waals surface area contributed by atoms with E-state index in [1.54, 1.807) is 0 Å². The Morgan fingerprint density at radius 1 is 1.41 bits per heavy atom. The molecule has 2 heteroatoms. The molecule has 2 nitrogen and oxygen atoms in total. The maximum atomic E-state index is 11.9. The molecule has 0 radical (unpaired) electrons. The molecular weight excluding hydrogens is 272 g/mol. The molecule has 2 saturated carbocycles. The lowest BCUT2D eigenvalue weighted by molar-refractivity contribution is -0.164. The van der Waals surface area contributed by atoms with Crippen LogP contribution in [0.1, 0.15) is 59.3 Å². The Morgan fingerprint density at radius 2 is 2.09 bits per heavy atom. The van der Waals surface area contributed by atoms with Gasteiger partial charge in [-0.2, -0.15) is 0 Å². The van der Waals surface area contributed by atoms with E-state index in [1.165, 1.54) is 11.1 Å². The minimum absolute atomic E-state index is 0.0542. The van der Waals surface area contributed by atoms with E-state index in [-0.39, 0.29) is 11.3 Å². The van der Waals surface area contributed by atoms with E-state index in [2.05, 4.69) is 33.1 Å². The van der Waals surface area contributed by atoms with Crippen LogP contribution in [0.15, 0.2) is 36.5 Å². The van der Waals surface area contributed by atoms with E-state index in [1.807, 2.05) is 13.0 Å². The molecule has 0 aromatic carbocycles. The van der Waals surface area contributed by atoms with Crippen LogP contribution in [0.3, 0.4) is 0 Å². The van der Waals surface area contributed by atoms with Crippen molar-refractivity contribution in [2.45, 2.75) is 59.3 Å². The Balaban J connectivity index is 2.36. The Bertz CT molecular complexity index is 516. The Hall–Kier alpha value is -1.31. The molecule has 0 aliphatic heterocycles. The molecule has 0 spiro atoms. The van der Waals surface area contributed by atoms with Gasteiger partial charge in [-0.25, -0.2) is 0 Å². The fourth-order valence-electron chi connectivity index (χ4n) is 5.03. The third-order valence-corrected chi connectivity index (χ3v) is 6.51. The van der Waals surface area contributed by atoms with Gasteiger partial charge in [-0.1, -0.05) is 49.8 Å². The molecule has 0 unspecified atom stereocenters. The van der Waals surface area contributed by atoms with E-state index in [9.17, 15) is 9.90 Å². The minimum atomic E-state index is -0.618. The fourth-order valence-corrected chi connectivity index (χ4v) is 5.03. The summed E-state index contributed by atoms with van der Waals surface area (Å²) in [5, 5.41) is 9.81. The lowest BCUT2D eigenvalue weighted by Gasteiger charge is -2.57. The zero-order chi connectivity index (χ0) is 16.5. The second-order valence-corrected chi connectivity index (χ2v) is 7.77. The average molecular weight is 302 g/mol. The molecule has 2 fully saturated rings. The van der Waals surface area contributed by atoms with Gasteiger partial charge in [0.2, 0.25) is 0 Å². The van der Waals surface area contributed by atoms with Crippen LogP contribution in [0.4, 0.5) is 0 Å². The van der Waals surface area contributed by atoms with Crippen molar-refractivity contribution in [1.82, 2.24) is 0 Å². The number of rotatable bonds is 4. The molecule has 0 heterocycles. The van der Waals surface area contributed by atoms with Gasteiger partial charge in [-0.3, -0.25) is 4.79 Å². The fraction of sp³-hybridized carbons (Fsp3) is 0.650. The van der Waals surface area contributed by atoms with E-state index in [0.717, 1.165) is 38.5 Å². The number of allylic oxidation sites excluding steroid dienone is 4. The van der Waals surface area contributed by atoms with Crippen LogP contribution in [0.5, 0.6) is 0 Å². The number of carboxylic acid groups (broad SMARTS) is 1. The first-order chi connectivity index (χ1) is 10.3. The topological polar surface area (TPSA) is 37.3 Å². The number of carboxylic acids is 1. The lowest BCUT2D eigenvalue weighted by Crippen LogP contribution is -2.53. The predicted octanol–water partition coefficient (Wildman–Crippen LogP) is 5.37. The summed E-state index contributed by atoms with van der Waals surface area (Å²) < 4.78 is 0. The second-order valence-electron chi connectivity index (χ2n) is 7.77. The van der Waals surface area contributed by atoms with Crippen molar-refractivity contribution in [3.63, 3.8) is 0 Å². The average Bonchev–Trinajstić information content (AvgIpc) is 2.45. The summed E-state index contributed by atoms with van der Waals surface area (Å²) in [5.74, 6) is 0.0202. The first kappa shape index (κ1) is 17.1. The third-order valence-electron chi connectivity index (χ3n) is 6.51. The Kier molecular flexibility index (Phi) is 4.70. The van der Waals surface area contributed by atoms with E-state index >= 15 is 0 Å². The number of hydrogen-bond acceptors (Lipinski definition) is 1. The molecule has 22 heavy (non-hydrogen) atoms. The van der Waals surface area contributed by atoms with Gasteiger partial charge in [0, 0.05) is 0 Å². The summed E-state index contributed by atoms with van der Waals surface area (Å²) in [6.45, 7) is 14.5. The number of carbonyl (C=O) groups is 1. The highest BCUT2D eigenvalue weighted by molar-refractivity contribution is 5.75. The van der Waals surface area contributed by atoms with Gasteiger partial charge < -0.3 is 5.11 Å². The van der Waals surface area contributed by atoms with Crippen molar-refractivity contribution in [3.05, 3.63) is 36.5 Å². The van der Waals surface area contributed by atoms with Crippen molar-refractivity contribution in [2.75, 3.05) is 0 Å². The van der Waals surface area contributed by atoms with Crippen LogP contribution < -0.4 is 0 Å². The predicted molar refractivity (Wildman–Crippen MR) is 91.6 cm³/mol. The summed E-state index contributed by atoms with van der Waals surface area (Å²) in [4.78, 5) is 11.9. The molecular formula is C20H30O2. The molecule has 1 N–H and O–H groups in total. The smallest absolute Gasteiger partial charge is 0.309 e. The van der Waals surface area contributed by atoms with E-state index in [0.29, 0.717) is 5.92 Å². The third kappa shape index (κ3) is 2.68. The molecule has 0 amide bonds. The summed E-state index contributed by atoms with van der Waals surface area (Å²) in [5.41, 5.74) is 1.97. The van der Waals surface area contributed by atoms with Gasteiger partial charge in [-0.15, -0.1) is 0 Å². The standard InChI is InChI=1S/C20H30O2/c1-6-14(2)8-10-16-15(3)9-11-17-19(16,4)12-7-13-20(17,5)18(21)22/h6,8,16-17H,1,3,7,9-13H2,2,4-5H3,(H,21,22)/b14-8-/t16-,17+,19+,20-/m0/s1. The quantitative estimate of drug-likeness (QED) is 0.559. The van der Waals surface area contributed by atoms with Gasteiger partial charge in [0.25, 0.3) is 0 Å². The molecule has 0 aromatic rings. The molecule has 0 bridgehead atoms. The summed E-state index contributed by atoms with van der Waals surface area (Å²) >= 11 is 0. The van der Waals surface area contributed by atoms with Crippen LogP contribution in [0.25, 0.3) is 0 Å². The first-order valence-corrected chi connectivity index (χ1v) is 8.46. The van der Waals surface area contributed by atoms with Gasteiger partial charge in [0.05, 0.1) is 5.41 Å². The minimum Gasteiger partial charge on any atom is -0.481 e. The van der Waals surface area contributed by atoms with Crippen LogP contribution in [-0.4, -0.2) is 11.1 Å². The summed E-state index contributed by atoms with van der Waals surface area (Å²) in [6, 6.07) is 0. The highest BCUT2D eigenvalue weighted by Crippen LogP contribution is 2.61. The molecule has 0 aromatic heterocycles. The second kappa shape index (κ2) is 6.06. The molecule has 2 rings (SSSR count). The zero-order valence-electron chi connectivity index (χ0n) is 14.3. The molecule has 2 aliphatic carbocycles. The van der Waals surface area contributed by atoms with Crippen LogP contribution in [-0.2, 0) is 4.79 Å². The monoisotopic (exact) mass is 302 g/mol. The van der Waals surface area contributed by atoms with Gasteiger partial charge in [-0.05, 0) is 63.2 Å². The summed E-state index contributed by atoms with van der Waals surface area (Å²) in [6.07, 6.45) is 9.95. The van der Waals surface area contributed by atoms with Gasteiger partial charge >= 0.3 is 5.97 Å². The molecule has 4 atom stereocenters. The van der Waals surface area contributed by atoms with Crippen molar-refractivity contribution in [3.8, 4) is 0 Å².